The van der Waals surface area contributed by atoms with Crippen LogP contribution in [0.5, 0.6) is 0 Å². The van der Waals surface area contributed by atoms with Gasteiger partial charge in [-0.25, -0.2) is 0 Å². The minimum atomic E-state index is -0.0341. The van der Waals surface area contributed by atoms with Crippen LogP contribution in [0.15, 0.2) is 4.52 Å². The SMILES string of the molecule is NC1COCC1c1nc(C2CCOC2)no1. The quantitative estimate of drug-likeness (QED) is 0.763. The Morgan fingerprint density at radius 2 is 2.12 bits per heavy atom. The molecule has 88 valence electrons. The van der Waals surface area contributed by atoms with E-state index in [4.69, 9.17) is 19.7 Å². The number of rotatable bonds is 2. The Morgan fingerprint density at radius 1 is 1.19 bits per heavy atom. The molecule has 1 aromatic rings. The van der Waals surface area contributed by atoms with Crippen LogP contribution >= 0.6 is 0 Å². The van der Waals surface area contributed by atoms with Crippen LogP contribution in [0.2, 0.25) is 0 Å². The van der Waals surface area contributed by atoms with Gasteiger partial charge in [0.1, 0.15) is 0 Å². The van der Waals surface area contributed by atoms with Crippen LogP contribution in [0.4, 0.5) is 0 Å². The van der Waals surface area contributed by atoms with Gasteiger partial charge in [-0.3, -0.25) is 0 Å². The molecule has 0 amide bonds. The fourth-order valence-electron chi connectivity index (χ4n) is 2.13. The lowest BCUT2D eigenvalue weighted by Gasteiger charge is -2.06. The lowest BCUT2D eigenvalue weighted by atomic mass is 10.0. The van der Waals surface area contributed by atoms with Crippen molar-refractivity contribution in [2.45, 2.75) is 24.3 Å². The Bertz CT molecular complexity index is 362. The van der Waals surface area contributed by atoms with Crippen molar-refractivity contribution in [3.63, 3.8) is 0 Å². The van der Waals surface area contributed by atoms with E-state index in [1.54, 1.807) is 0 Å². The van der Waals surface area contributed by atoms with Crippen LogP contribution in [-0.2, 0) is 9.47 Å². The standard InChI is InChI=1S/C10H15N3O3/c11-8-5-15-4-7(8)10-12-9(13-16-10)6-1-2-14-3-6/h6-8H,1-5,11H2. The van der Waals surface area contributed by atoms with Crippen molar-refractivity contribution in [1.29, 1.82) is 0 Å². The summed E-state index contributed by atoms with van der Waals surface area (Å²) >= 11 is 0. The van der Waals surface area contributed by atoms with Gasteiger partial charge >= 0.3 is 0 Å². The summed E-state index contributed by atoms with van der Waals surface area (Å²) in [6.07, 6.45) is 0.964. The maximum Gasteiger partial charge on any atom is 0.233 e. The summed E-state index contributed by atoms with van der Waals surface area (Å²) in [5.74, 6) is 1.66. The van der Waals surface area contributed by atoms with Crippen molar-refractivity contribution >= 4 is 0 Å². The molecule has 0 saturated carbocycles. The summed E-state index contributed by atoms with van der Waals surface area (Å²) in [7, 11) is 0. The Hall–Kier alpha value is -0.980. The Kier molecular flexibility index (Phi) is 2.62. The third kappa shape index (κ3) is 1.73. The molecule has 1 aromatic heterocycles. The smallest absolute Gasteiger partial charge is 0.233 e. The molecule has 0 bridgehead atoms. The zero-order valence-electron chi connectivity index (χ0n) is 8.96. The van der Waals surface area contributed by atoms with E-state index in [0.717, 1.165) is 18.9 Å². The second kappa shape index (κ2) is 4.12. The molecule has 6 heteroatoms. The number of nitrogens with zero attached hydrogens (tertiary/aromatic N) is 2. The van der Waals surface area contributed by atoms with Gasteiger partial charge in [0.25, 0.3) is 0 Å². The van der Waals surface area contributed by atoms with Crippen LogP contribution in [0, 0.1) is 0 Å². The molecule has 3 heterocycles. The van der Waals surface area contributed by atoms with E-state index in [1.165, 1.54) is 0 Å². The number of ether oxygens (including phenoxy) is 2. The molecule has 2 N–H and O–H groups in total. The highest BCUT2D eigenvalue weighted by Crippen LogP contribution is 2.27. The molecular weight excluding hydrogens is 210 g/mol. The molecule has 2 aliphatic rings. The summed E-state index contributed by atoms with van der Waals surface area (Å²) in [6.45, 7) is 2.60. The van der Waals surface area contributed by atoms with Gasteiger partial charge in [-0.1, -0.05) is 5.16 Å². The maximum absolute atomic E-state index is 5.90. The second-order valence-electron chi connectivity index (χ2n) is 4.36. The lowest BCUT2D eigenvalue weighted by molar-refractivity contribution is 0.187. The first kappa shape index (κ1) is 10.2. The summed E-state index contributed by atoms with van der Waals surface area (Å²) in [6, 6.07) is -0.0341. The summed E-state index contributed by atoms with van der Waals surface area (Å²) in [4.78, 5) is 4.41. The second-order valence-corrected chi connectivity index (χ2v) is 4.36. The molecule has 0 radical (unpaired) electrons. The van der Waals surface area contributed by atoms with Crippen LogP contribution in [0.3, 0.4) is 0 Å². The minimum absolute atomic E-state index is 0.0341. The van der Waals surface area contributed by atoms with Crippen LogP contribution in [-0.4, -0.2) is 42.6 Å². The lowest BCUT2D eigenvalue weighted by Crippen LogP contribution is -2.27. The Labute approximate surface area is 93.1 Å². The van der Waals surface area contributed by atoms with Crippen LogP contribution < -0.4 is 5.73 Å². The van der Waals surface area contributed by atoms with Gasteiger partial charge in [0.2, 0.25) is 5.89 Å². The van der Waals surface area contributed by atoms with Gasteiger partial charge in [-0.05, 0) is 6.42 Å². The van der Waals surface area contributed by atoms with Crippen molar-refractivity contribution in [2.75, 3.05) is 26.4 Å². The predicted molar refractivity (Wildman–Crippen MR) is 54.0 cm³/mol. The Balaban J connectivity index is 1.76. The molecular formula is C10H15N3O3. The van der Waals surface area contributed by atoms with Gasteiger partial charge in [-0.15, -0.1) is 0 Å². The molecule has 2 saturated heterocycles. The third-order valence-electron chi connectivity index (χ3n) is 3.19. The van der Waals surface area contributed by atoms with Gasteiger partial charge in [0.15, 0.2) is 5.82 Å². The molecule has 0 aromatic carbocycles. The summed E-state index contributed by atoms with van der Waals surface area (Å²) in [5, 5.41) is 4.00. The molecule has 6 nitrogen and oxygen atoms in total. The van der Waals surface area contributed by atoms with Gasteiger partial charge in [0.05, 0.1) is 25.7 Å². The largest absolute Gasteiger partial charge is 0.381 e. The van der Waals surface area contributed by atoms with Crippen molar-refractivity contribution < 1.29 is 14.0 Å². The monoisotopic (exact) mass is 225 g/mol. The predicted octanol–water partition coefficient (Wildman–Crippen LogP) is 0.0146. The van der Waals surface area contributed by atoms with Gasteiger partial charge in [0, 0.05) is 18.6 Å². The molecule has 3 rings (SSSR count). The fourth-order valence-corrected chi connectivity index (χ4v) is 2.13. The number of aromatic nitrogens is 2. The first-order valence-corrected chi connectivity index (χ1v) is 5.59. The molecule has 0 aliphatic carbocycles. The highest BCUT2D eigenvalue weighted by atomic mass is 16.5. The zero-order valence-corrected chi connectivity index (χ0v) is 8.96. The summed E-state index contributed by atoms with van der Waals surface area (Å²) in [5.41, 5.74) is 5.90. The average Bonchev–Trinajstić information content (AvgIpc) is 2.96. The summed E-state index contributed by atoms with van der Waals surface area (Å²) < 4.78 is 15.8. The van der Waals surface area contributed by atoms with E-state index in [9.17, 15) is 0 Å². The van der Waals surface area contributed by atoms with Crippen LogP contribution in [0.1, 0.15) is 30.0 Å². The highest BCUT2D eigenvalue weighted by Gasteiger charge is 2.32. The van der Waals surface area contributed by atoms with E-state index in [0.29, 0.717) is 25.7 Å². The number of hydrogen-bond acceptors (Lipinski definition) is 6. The van der Waals surface area contributed by atoms with Gasteiger partial charge < -0.3 is 19.7 Å². The van der Waals surface area contributed by atoms with E-state index in [1.807, 2.05) is 0 Å². The fraction of sp³-hybridized carbons (Fsp3) is 0.800. The average molecular weight is 225 g/mol. The van der Waals surface area contributed by atoms with Crippen molar-refractivity contribution in [1.82, 2.24) is 10.1 Å². The van der Waals surface area contributed by atoms with Crippen LogP contribution in [0.25, 0.3) is 0 Å². The van der Waals surface area contributed by atoms with Crippen molar-refractivity contribution in [3.05, 3.63) is 11.7 Å². The van der Waals surface area contributed by atoms with Gasteiger partial charge in [-0.2, -0.15) is 4.98 Å². The number of nitrogens with two attached hydrogens (primary N) is 1. The first-order chi connectivity index (χ1) is 7.84. The third-order valence-corrected chi connectivity index (χ3v) is 3.19. The van der Waals surface area contributed by atoms with E-state index in [-0.39, 0.29) is 17.9 Å². The van der Waals surface area contributed by atoms with Crippen molar-refractivity contribution in [3.8, 4) is 0 Å². The normalized spacial score (nSPS) is 34.7. The maximum atomic E-state index is 5.90. The molecule has 3 unspecified atom stereocenters. The molecule has 0 spiro atoms. The minimum Gasteiger partial charge on any atom is -0.381 e. The van der Waals surface area contributed by atoms with Crippen molar-refractivity contribution in [2.24, 2.45) is 5.73 Å². The van der Waals surface area contributed by atoms with E-state index >= 15 is 0 Å². The molecule has 2 fully saturated rings. The number of hydrogen-bond donors (Lipinski definition) is 1. The highest BCUT2D eigenvalue weighted by molar-refractivity contribution is 5.04. The van der Waals surface area contributed by atoms with E-state index in [2.05, 4.69) is 10.1 Å². The molecule has 2 aliphatic heterocycles. The molecule has 3 atom stereocenters. The van der Waals surface area contributed by atoms with E-state index < -0.39 is 0 Å². The Morgan fingerprint density at radius 3 is 2.81 bits per heavy atom. The zero-order chi connectivity index (χ0) is 11.0. The first-order valence-electron chi connectivity index (χ1n) is 5.59. The molecule has 16 heavy (non-hydrogen) atoms. The topological polar surface area (TPSA) is 83.4 Å².